The fraction of sp³-hybridized carbons (Fsp3) is 1.00. The van der Waals surface area contributed by atoms with Crippen molar-refractivity contribution in [1.29, 1.82) is 0 Å². The van der Waals surface area contributed by atoms with Gasteiger partial charge in [0.25, 0.3) is 0 Å². The number of likely N-dealkylation sites (tertiary alicyclic amines) is 1. The highest BCUT2D eigenvalue weighted by atomic mass is 32.2. The van der Waals surface area contributed by atoms with Crippen molar-refractivity contribution in [2.75, 3.05) is 32.9 Å². The second-order valence-electron chi connectivity index (χ2n) is 5.56. The van der Waals surface area contributed by atoms with Crippen molar-refractivity contribution in [2.45, 2.75) is 50.3 Å². The van der Waals surface area contributed by atoms with Crippen LogP contribution in [0.4, 0.5) is 0 Å². The van der Waals surface area contributed by atoms with Crippen molar-refractivity contribution in [3.8, 4) is 0 Å². The quantitative estimate of drug-likeness (QED) is 0.723. The predicted octanol–water partition coefficient (Wildman–Crippen LogP) is 2.59. The number of rotatable bonds is 6. The van der Waals surface area contributed by atoms with E-state index in [9.17, 15) is 0 Å². The normalized spacial score (nSPS) is 23.6. The van der Waals surface area contributed by atoms with E-state index in [1.165, 1.54) is 38.8 Å². The summed E-state index contributed by atoms with van der Waals surface area (Å²) in [5, 5.41) is 3.60. The van der Waals surface area contributed by atoms with Gasteiger partial charge in [0.15, 0.2) is 0 Å². The Morgan fingerprint density at radius 3 is 2.75 bits per heavy atom. The lowest BCUT2D eigenvalue weighted by Gasteiger charge is -2.33. The van der Waals surface area contributed by atoms with Gasteiger partial charge in [0, 0.05) is 17.3 Å². The minimum Gasteiger partial charge on any atom is -0.315 e. The van der Waals surface area contributed by atoms with Crippen LogP contribution >= 0.6 is 11.8 Å². The van der Waals surface area contributed by atoms with Crippen LogP contribution in [0.2, 0.25) is 0 Å². The number of thioether (sulfide) groups is 1. The molecule has 0 aliphatic carbocycles. The number of nitrogens with one attached hydrogen (secondary N) is 1. The highest BCUT2D eigenvalue weighted by Crippen LogP contribution is 2.20. The Morgan fingerprint density at radius 2 is 2.12 bits per heavy atom. The zero-order valence-corrected chi connectivity index (χ0v) is 12.2. The molecule has 0 aromatic heterocycles. The zero-order chi connectivity index (χ0) is 12.0. The molecule has 0 radical (unpaired) electrons. The first-order valence-corrected chi connectivity index (χ1v) is 7.74. The van der Waals surface area contributed by atoms with E-state index in [0.717, 1.165) is 12.6 Å². The van der Waals surface area contributed by atoms with Crippen LogP contribution in [-0.4, -0.2) is 48.6 Å². The smallest absolute Gasteiger partial charge is 0.0225 e. The van der Waals surface area contributed by atoms with Crippen molar-refractivity contribution in [1.82, 2.24) is 10.2 Å². The summed E-state index contributed by atoms with van der Waals surface area (Å²) in [6, 6.07) is 0.818. The lowest BCUT2D eigenvalue weighted by atomic mass is 10.0. The first-order valence-electron chi connectivity index (χ1n) is 6.51. The molecule has 1 fully saturated rings. The average Bonchev–Trinajstić information content (AvgIpc) is 2.27. The molecular weight excluding hydrogens is 216 g/mol. The van der Waals surface area contributed by atoms with E-state index in [2.05, 4.69) is 37.4 Å². The largest absolute Gasteiger partial charge is 0.315 e. The molecular formula is C13H28N2S. The van der Waals surface area contributed by atoms with E-state index in [1.54, 1.807) is 0 Å². The Bertz CT molecular complexity index is 194. The Morgan fingerprint density at radius 1 is 1.38 bits per heavy atom. The van der Waals surface area contributed by atoms with Gasteiger partial charge in [-0.3, -0.25) is 0 Å². The van der Waals surface area contributed by atoms with Crippen LogP contribution in [0.3, 0.4) is 0 Å². The number of hydrogen-bond acceptors (Lipinski definition) is 3. The Labute approximate surface area is 106 Å². The van der Waals surface area contributed by atoms with Gasteiger partial charge in [0.05, 0.1) is 0 Å². The monoisotopic (exact) mass is 244 g/mol. The predicted molar refractivity (Wildman–Crippen MR) is 75.3 cm³/mol. The molecule has 2 nitrogen and oxygen atoms in total. The van der Waals surface area contributed by atoms with Gasteiger partial charge in [0.2, 0.25) is 0 Å². The minimum absolute atomic E-state index is 0.373. The molecule has 0 bridgehead atoms. The third kappa shape index (κ3) is 5.07. The van der Waals surface area contributed by atoms with E-state index >= 15 is 0 Å². The second-order valence-corrected chi connectivity index (χ2v) is 7.07. The zero-order valence-electron chi connectivity index (χ0n) is 11.4. The van der Waals surface area contributed by atoms with Crippen molar-refractivity contribution in [3.05, 3.63) is 0 Å². The van der Waals surface area contributed by atoms with Crippen molar-refractivity contribution in [2.24, 2.45) is 0 Å². The molecule has 16 heavy (non-hydrogen) atoms. The van der Waals surface area contributed by atoms with Gasteiger partial charge in [0.1, 0.15) is 0 Å². The van der Waals surface area contributed by atoms with Crippen LogP contribution < -0.4 is 5.32 Å². The summed E-state index contributed by atoms with van der Waals surface area (Å²) in [5.74, 6) is 0. The molecule has 0 aromatic carbocycles. The third-order valence-corrected chi connectivity index (χ3v) is 4.93. The van der Waals surface area contributed by atoms with Gasteiger partial charge in [-0.2, -0.15) is 11.8 Å². The van der Waals surface area contributed by atoms with E-state index in [1.807, 2.05) is 11.8 Å². The van der Waals surface area contributed by atoms with Gasteiger partial charge in [-0.05, 0) is 59.5 Å². The number of hydrogen-bond donors (Lipinski definition) is 1. The molecule has 0 aromatic rings. The highest BCUT2D eigenvalue weighted by Gasteiger charge is 2.19. The Kier molecular flexibility index (Phi) is 6.16. The van der Waals surface area contributed by atoms with Crippen molar-refractivity contribution >= 4 is 11.8 Å². The van der Waals surface area contributed by atoms with Gasteiger partial charge < -0.3 is 10.2 Å². The maximum absolute atomic E-state index is 3.60. The molecule has 1 heterocycles. The molecule has 1 aliphatic rings. The van der Waals surface area contributed by atoms with Crippen LogP contribution in [0.15, 0.2) is 0 Å². The molecule has 1 saturated heterocycles. The highest BCUT2D eigenvalue weighted by molar-refractivity contribution is 7.99. The number of nitrogens with zero attached hydrogens (tertiary/aromatic N) is 1. The first-order chi connectivity index (χ1) is 7.55. The molecule has 1 N–H and O–H groups in total. The molecule has 1 rings (SSSR count). The molecule has 3 heteroatoms. The van der Waals surface area contributed by atoms with Gasteiger partial charge in [-0.15, -0.1) is 0 Å². The van der Waals surface area contributed by atoms with E-state index in [-0.39, 0.29) is 0 Å². The lowest BCUT2D eigenvalue weighted by molar-refractivity contribution is 0.175. The standard InChI is InChI=1S/C13H28N2S/c1-13(2,16-4)11-14-9-8-12-7-5-6-10-15(12)3/h12,14H,5-11H2,1-4H3. The maximum Gasteiger partial charge on any atom is 0.0225 e. The third-order valence-electron chi connectivity index (χ3n) is 3.68. The summed E-state index contributed by atoms with van der Waals surface area (Å²) in [6.45, 7) is 8.18. The molecule has 0 saturated carbocycles. The van der Waals surface area contributed by atoms with Crippen molar-refractivity contribution < 1.29 is 0 Å². The molecule has 0 spiro atoms. The fourth-order valence-electron chi connectivity index (χ4n) is 2.24. The van der Waals surface area contributed by atoms with Crippen LogP contribution in [0.5, 0.6) is 0 Å². The summed E-state index contributed by atoms with van der Waals surface area (Å²) >= 11 is 1.94. The van der Waals surface area contributed by atoms with E-state index in [0.29, 0.717) is 4.75 Å². The fourth-order valence-corrected chi connectivity index (χ4v) is 2.49. The minimum atomic E-state index is 0.373. The Balaban J connectivity index is 2.10. The summed E-state index contributed by atoms with van der Waals surface area (Å²) in [4.78, 5) is 2.53. The molecule has 0 amide bonds. The second kappa shape index (κ2) is 6.87. The topological polar surface area (TPSA) is 15.3 Å². The lowest BCUT2D eigenvalue weighted by Crippen LogP contribution is -2.39. The van der Waals surface area contributed by atoms with Crippen LogP contribution in [0.1, 0.15) is 39.5 Å². The summed E-state index contributed by atoms with van der Waals surface area (Å²) in [6.07, 6.45) is 7.70. The summed E-state index contributed by atoms with van der Waals surface area (Å²) in [7, 11) is 2.27. The van der Waals surface area contributed by atoms with Crippen LogP contribution in [0.25, 0.3) is 0 Å². The SMILES string of the molecule is CSC(C)(C)CNCCC1CCCCN1C. The van der Waals surface area contributed by atoms with Crippen molar-refractivity contribution in [3.63, 3.8) is 0 Å². The van der Waals surface area contributed by atoms with E-state index in [4.69, 9.17) is 0 Å². The maximum atomic E-state index is 3.60. The molecule has 1 atom stereocenters. The van der Waals surface area contributed by atoms with Crippen LogP contribution in [0, 0.1) is 0 Å². The van der Waals surface area contributed by atoms with Gasteiger partial charge in [-0.25, -0.2) is 0 Å². The molecule has 96 valence electrons. The summed E-state index contributed by atoms with van der Waals surface area (Å²) < 4.78 is 0.373. The summed E-state index contributed by atoms with van der Waals surface area (Å²) in [5.41, 5.74) is 0. The van der Waals surface area contributed by atoms with Crippen LogP contribution in [-0.2, 0) is 0 Å². The Hall–Kier alpha value is 0.270. The molecule has 1 aliphatic heterocycles. The van der Waals surface area contributed by atoms with E-state index < -0.39 is 0 Å². The first kappa shape index (κ1) is 14.3. The number of piperidine rings is 1. The average molecular weight is 244 g/mol. The van der Waals surface area contributed by atoms with Gasteiger partial charge in [-0.1, -0.05) is 6.42 Å². The van der Waals surface area contributed by atoms with Gasteiger partial charge >= 0.3 is 0 Å². The molecule has 1 unspecified atom stereocenters.